The van der Waals surface area contributed by atoms with Crippen LogP contribution in [0.25, 0.3) is 0 Å². The number of nitrogens with one attached hydrogen (secondary N) is 1. The molecule has 1 aliphatic rings. The standard InChI is InChI=1S/C24H22N2O4S/c1-2-31(29,30)22-10-6-4-8-20(22)23(27)25-19-13-11-18(12-14-19)24(28)26-16-15-17-7-3-5-9-21(17)26/h3-14H,2,15-16H2,1H3,(H,25,27). The van der Waals surface area contributed by atoms with E-state index in [0.717, 1.165) is 17.7 Å². The molecular weight excluding hydrogens is 412 g/mol. The van der Waals surface area contributed by atoms with Gasteiger partial charge in [-0.25, -0.2) is 8.42 Å². The largest absolute Gasteiger partial charge is 0.322 e. The molecule has 158 valence electrons. The van der Waals surface area contributed by atoms with Crippen LogP contribution in [0.1, 0.15) is 33.2 Å². The molecule has 1 heterocycles. The molecule has 4 rings (SSSR count). The number of carbonyl (C=O) groups is 2. The fourth-order valence-corrected chi connectivity index (χ4v) is 4.77. The minimum Gasteiger partial charge on any atom is -0.322 e. The highest BCUT2D eigenvalue weighted by Gasteiger charge is 2.25. The molecule has 0 unspecified atom stereocenters. The van der Waals surface area contributed by atoms with Gasteiger partial charge in [0.05, 0.1) is 16.2 Å². The first-order chi connectivity index (χ1) is 14.9. The molecule has 0 spiro atoms. The molecule has 0 atom stereocenters. The smallest absolute Gasteiger partial charge is 0.258 e. The molecule has 0 fully saturated rings. The Balaban J connectivity index is 1.51. The zero-order chi connectivity index (χ0) is 22.0. The number of anilines is 2. The van der Waals surface area contributed by atoms with Gasteiger partial charge in [-0.2, -0.15) is 0 Å². The van der Waals surface area contributed by atoms with Crippen molar-refractivity contribution >= 4 is 33.0 Å². The second kappa shape index (κ2) is 8.35. The number of hydrogen-bond acceptors (Lipinski definition) is 4. The number of hydrogen-bond donors (Lipinski definition) is 1. The first kappa shape index (κ1) is 20.8. The van der Waals surface area contributed by atoms with Crippen LogP contribution in [0.2, 0.25) is 0 Å². The molecule has 0 aromatic heterocycles. The Morgan fingerprint density at radius 3 is 2.35 bits per heavy atom. The number of fused-ring (bicyclic) bond motifs is 1. The molecule has 31 heavy (non-hydrogen) atoms. The van der Waals surface area contributed by atoms with E-state index < -0.39 is 15.7 Å². The molecule has 6 nitrogen and oxygen atoms in total. The van der Waals surface area contributed by atoms with E-state index in [-0.39, 0.29) is 22.1 Å². The monoisotopic (exact) mass is 434 g/mol. The molecule has 0 saturated carbocycles. The summed E-state index contributed by atoms with van der Waals surface area (Å²) in [5, 5.41) is 2.72. The van der Waals surface area contributed by atoms with Gasteiger partial charge >= 0.3 is 0 Å². The van der Waals surface area contributed by atoms with Gasteiger partial charge in [-0.3, -0.25) is 9.59 Å². The lowest BCUT2D eigenvalue weighted by Gasteiger charge is -2.17. The van der Waals surface area contributed by atoms with Gasteiger partial charge in [0, 0.05) is 23.5 Å². The van der Waals surface area contributed by atoms with E-state index in [2.05, 4.69) is 5.32 Å². The molecule has 0 saturated heterocycles. The number of carbonyl (C=O) groups excluding carboxylic acids is 2. The van der Waals surface area contributed by atoms with Crippen molar-refractivity contribution in [1.29, 1.82) is 0 Å². The number of nitrogens with zero attached hydrogens (tertiary/aromatic N) is 1. The highest BCUT2D eigenvalue weighted by atomic mass is 32.2. The van der Waals surface area contributed by atoms with Crippen LogP contribution >= 0.6 is 0 Å². The van der Waals surface area contributed by atoms with Gasteiger partial charge in [-0.05, 0) is 54.4 Å². The fraction of sp³-hybridized carbons (Fsp3) is 0.167. The number of sulfone groups is 1. The number of benzene rings is 3. The molecule has 1 N–H and O–H groups in total. The van der Waals surface area contributed by atoms with Crippen LogP contribution in [-0.2, 0) is 16.3 Å². The topological polar surface area (TPSA) is 83.5 Å². The molecular formula is C24H22N2O4S. The first-order valence-corrected chi connectivity index (χ1v) is 11.7. The molecule has 0 radical (unpaired) electrons. The lowest BCUT2D eigenvalue weighted by atomic mass is 10.1. The van der Waals surface area contributed by atoms with Crippen molar-refractivity contribution < 1.29 is 18.0 Å². The Morgan fingerprint density at radius 2 is 1.61 bits per heavy atom. The molecule has 3 aromatic rings. The van der Waals surface area contributed by atoms with Crippen LogP contribution in [-0.4, -0.2) is 32.5 Å². The molecule has 0 bridgehead atoms. The average molecular weight is 435 g/mol. The lowest BCUT2D eigenvalue weighted by molar-refractivity contribution is 0.0988. The van der Waals surface area contributed by atoms with E-state index in [4.69, 9.17) is 0 Å². The summed E-state index contributed by atoms with van der Waals surface area (Å²) in [6, 6.07) is 20.6. The zero-order valence-electron chi connectivity index (χ0n) is 17.0. The lowest BCUT2D eigenvalue weighted by Crippen LogP contribution is -2.28. The van der Waals surface area contributed by atoms with Gasteiger partial charge in [0.15, 0.2) is 9.84 Å². The maximum atomic E-state index is 12.9. The van der Waals surface area contributed by atoms with Crippen LogP contribution in [0.3, 0.4) is 0 Å². The van der Waals surface area contributed by atoms with Gasteiger partial charge < -0.3 is 10.2 Å². The van der Waals surface area contributed by atoms with Gasteiger partial charge in [-0.15, -0.1) is 0 Å². The normalized spacial score (nSPS) is 13.0. The molecule has 1 aliphatic heterocycles. The van der Waals surface area contributed by atoms with Crippen LogP contribution < -0.4 is 10.2 Å². The summed E-state index contributed by atoms with van der Waals surface area (Å²) in [5.74, 6) is -0.698. The number of amides is 2. The van der Waals surface area contributed by atoms with Crippen molar-refractivity contribution in [3.8, 4) is 0 Å². The van der Waals surface area contributed by atoms with E-state index in [0.29, 0.717) is 17.8 Å². The zero-order valence-corrected chi connectivity index (χ0v) is 17.9. The SMILES string of the molecule is CCS(=O)(=O)c1ccccc1C(=O)Nc1ccc(C(=O)N2CCc3ccccc32)cc1. The average Bonchev–Trinajstić information content (AvgIpc) is 3.23. The van der Waals surface area contributed by atoms with Crippen LogP contribution in [0.15, 0.2) is 77.7 Å². The van der Waals surface area contributed by atoms with Crippen molar-refractivity contribution in [3.63, 3.8) is 0 Å². The number of para-hydroxylation sites is 1. The minimum absolute atomic E-state index is 0.00879. The Bertz CT molecular complexity index is 1250. The summed E-state index contributed by atoms with van der Waals surface area (Å²) in [6.45, 7) is 2.18. The Morgan fingerprint density at radius 1 is 0.935 bits per heavy atom. The van der Waals surface area contributed by atoms with Crippen LogP contribution in [0.5, 0.6) is 0 Å². The molecule has 2 amide bonds. The van der Waals surface area contributed by atoms with Gasteiger partial charge in [0.2, 0.25) is 0 Å². The highest BCUT2D eigenvalue weighted by molar-refractivity contribution is 7.91. The summed E-state index contributed by atoms with van der Waals surface area (Å²) in [4.78, 5) is 27.4. The van der Waals surface area contributed by atoms with Gasteiger partial charge in [-0.1, -0.05) is 37.3 Å². The van der Waals surface area contributed by atoms with Crippen LogP contribution in [0.4, 0.5) is 11.4 Å². The van der Waals surface area contributed by atoms with E-state index >= 15 is 0 Å². The fourth-order valence-electron chi connectivity index (χ4n) is 3.68. The first-order valence-electron chi connectivity index (χ1n) is 10.0. The second-order valence-corrected chi connectivity index (χ2v) is 9.51. The van der Waals surface area contributed by atoms with Crippen molar-refractivity contribution in [1.82, 2.24) is 0 Å². The van der Waals surface area contributed by atoms with Crippen molar-refractivity contribution in [2.75, 3.05) is 22.5 Å². The van der Waals surface area contributed by atoms with Gasteiger partial charge in [0.25, 0.3) is 11.8 Å². The predicted octanol–water partition coefficient (Wildman–Crippen LogP) is 3.94. The van der Waals surface area contributed by atoms with Crippen molar-refractivity contribution in [2.24, 2.45) is 0 Å². The van der Waals surface area contributed by atoms with Crippen LogP contribution in [0, 0.1) is 0 Å². The summed E-state index contributed by atoms with van der Waals surface area (Å²) >= 11 is 0. The van der Waals surface area contributed by atoms with Crippen molar-refractivity contribution in [2.45, 2.75) is 18.2 Å². The number of rotatable bonds is 5. The highest BCUT2D eigenvalue weighted by Crippen LogP contribution is 2.29. The Kier molecular flexibility index (Phi) is 5.61. The summed E-state index contributed by atoms with van der Waals surface area (Å²) in [7, 11) is -3.53. The van der Waals surface area contributed by atoms with Gasteiger partial charge in [0.1, 0.15) is 0 Å². The van der Waals surface area contributed by atoms with Crippen molar-refractivity contribution in [3.05, 3.63) is 89.5 Å². The van der Waals surface area contributed by atoms with E-state index in [1.165, 1.54) is 12.1 Å². The predicted molar refractivity (Wildman–Crippen MR) is 120 cm³/mol. The Labute approximate surface area is 181 Å². The van der Waals surface area contributed by atoms with E-state index in [9.17, 15) is 18.0 Å². The quantitative estimate of drug-likeness (QED) is 0.659. The van der Waals surface area contributed by atoms with E-state index in [1.807, 2.05) is 24.3 Å². The summed E-state index contributed by atoms with van der Waals surface area (Å²) in [6.07, 6.45) is 0.829. The summed E-state index contributed by atoms with van der Waals surface area (Å²) in [5.41, 5.74) is 3.17. The summed E-state index contributed by atoms with van der Waals surface area (Å²) < 4.78 is 24.6. The molecule has 7 heteroatoms. The maximum Gasteiger partial charge on any atom is 0.258 e. The Hall–Kier alpha value is -3.45. The third kappa shape index (κ3) is 4.09. The molecule has 3 aromatic carbocycles. The minimum atomic E-state index is -3.53. The third-order valence-corrected chi connectivity index (χ3v) is 7.16. The second-order valence-electron chi connectivity index (χ2n) is 7.27. The maximum absolute atomic E-state index is 12.9. The van der Waals surface area contributed by atoms with E-state index in [1.54, 1.807) is 48.2 Å². The third-order valence-electron chi connectivity index (χ3n) is 5.37. The molecule has 0 aliphatic carbocycles.